The van der Waals surface area contributed by atoms with Gasteiger partial charge in [-0.3, -0.25) is 10.1 Å². The van der Waals surface area contributed by atoms with Crippen LogP contribution < -0.4 is 5.32 Å². The minimum atomic E-state index is -3.76. The van der Waals surface area contributed by atoms with E-state index in [1.54, 1.807) is 0 Å². The van der Waals surface area contributed by atoms with E-state index in [4.69, 9.17) is 9.15 Å². The third-order valence-electron chi connectivity index (χ3n) is 3.70. The zero-order chi connectivity index (χ0) is 18.0. The smallest absolute Gasteiger partial charge is 0.293 e. The molecular formula is C15H19N3O5S2. The lowest BCUT2D eigenvalue weighted by Crippen LogP contribution is -2.40. The lowest BCUT2D eigenvalue weighted by Gasteiger charge is -2.24. The standard InChI is InChI=1S/C15H19N3O5S2/c1-10(2)11-9-24-15(16-11)17-14(19)12-3-4-13(23-12)25(20,21)18-5-7-22-8-6-18/h3-4,9-10H,5-8H2,1-2H3,(H,16,17,19). The van der Waals surface area contributed by atoms with Gasteiger partial charge in [0.2, 0.25) is 5.09 Å². The highest BCUT2D eigenvalue weighted by atomic mass is 32.2. The molecule has 3 heterocycles. The maximum atomic E-state index is 12.5. The van der Waals surface area contributed by atoms with Gasteiger partial charge in [-0.1, -0.05) is 13.8 Å². The number of sulfonamides is 1. The molecule has 0 radical (unpaired) electrons. The van der Waals surface area contributed by atoms with E-state index in [0.717, 1.165) is 5.69 Å². The van der Waals surface area contributed by atoms with E-state index < -0.39 is 15.9 Å². The molecule has 1 N–H and O–H groups in total. The zero-order valence-electron chi connectivity index (χ0n) is 13.9. The molecule has 0 aliphatic carbocycles. The molecule has 8 nitrogen and oxygen atoms in total. The van der Waals surface area contributed by atoms with Crippen LogP contribution in [0.5, 0.6) is 0 Å². The summed E-state index contributed by atoms with van der Waals surface area (Å²) >= 11 is 1.31. The molecule has 2 aromatic heterocycles. The van der Waals surface area contributed by atoms with E-state index in [9.17, 15) is 13.2 Å². The van der Waals surface area contributed by atoms with E-state index in [0.29, 0.717) is 18.3 Å². The number of ether oxygens (including phenoxy) is 1. The van der Waals surface area contributed by atoms with Crippen molar-refractivity contribution in [2.24, 2.45) is 0 Å². The number of morpholine rings is 1. The molecule has 0 saturated carbocycles. The molecule has 1 amide bonds. The number of carbonyl (C=O) groups is 1. The quantitative estimate of drug-likeness (QED) is 0.846. The summed E-state index contributed by atoms with van der Waals surface area (Å²) in [5, 5.41) is 4.69. The maximum Gasteiger partial charge on any atom is 0.293 e. The lowest BCUT2D eigenvalue weighted by atomic mass is 10.2. The van der Waals surface area contributed by atoms with Crippen LogP contribution in [0.4, 0.5) is 5.13 Å². The van der Waals surface area contributed by atoms with Crippen LogP contribution in [0.2, 0.25) is 0 Å². The van der Waals surface area contributed by atoms with Gasteiger partial charge < -0.3 is 9.15 Å². The van der Waals surface area contributed by atoms with Crippen molar-refractivity contribution in [1.82, 2.24) is 9.29 Å². The Kier molecular flexibility index (Phi) is 5.23. The fraction of sp³-hybridized carbons (Fsp3) is 0.467. The monoisotopic (exact) mass is 385 g/mol. The van der Waals surface area contributed by atoms with Crippen molar-refractivity contribution in [3.8, 4) is 0 Å². The number of nitrogens with one attached hydrogen (secondary N) is 1. The summed E-state index contributed by atoms with van der Waals surface area (Å²) in [6.45, 7) is 5.24. The van der Waals surface area contributed by atoms with Crippen molar-refractivity contribution in [2.75, 3.05) is 31.6 Å². The summed E-state index contributed by atoms with van der Waals surface area (Å²) in [6.07, 6.45) is 0. The molecule has 3 rings (SSSR count). The van der Waals surface area contributed by atoms with Crippen LogP contribution in [-0.2, 0) is 14.8 Å². The van der Waals surface area contributed by atoms with Gasteiger partial charge in [0, 0.05) is 18.5 Å². The Labute approximate surface area is 149 Å². The summed E-state index contributed by atoms with van der Waals surface area (Å²) in [7, 11) is -3.76. The Bertz CT molecular complexity index is 850. The Morgan fingerprint density at radius 1 is 1.32 bits per heavy atom. The third-order valence-corrected chi connectivity index (χ3v) is 6.25. The Morgan fingerprint density at radius 2 is 2.04 bits per heavy atom. The third kappa shape index (κ3) is 3.92. The molecule has 1 fully saturated rings. The number of thiazole rings is 1. The molecule has 2 aromatic rings. The van der Waals surface area contributed by atoms with Crippen molar-refractivity contribution in [1.29, 1.82) is 0 Å². The van der Waals surface area contributed by atoms with Crippen LogP contribution in [0.3, 0.4) is 0 Å². The number of aromatic nitrogens is 1. The summed E-state index contributed by atoms with van der Waals surface area (Å²) in [5.74, 6) is -0.350. The Morgan fingerprint density at radius 3 is 2.68 bits per heavy atom. The molecule has 136 valence electrons. The molecule has 0 aromatic carbocycles. The molecule has 25 heavy (non-hydrogen) atoms. The van der Waals surface area contributed by atoms with Crippen LogP contribution in [0, 0.1) is 0 Å². The van der Waals surface area contributed by atoms with Gasteiger partial charge in [-0.05, 0) is 18.1 Å². The second kappa shape index (κ2) is 7.24. The number of nitrogens with zero attached hydrogens (tertiary/aromatic N) is 2. The van der Waals surface area contributed by atoms with Crippen LogP contribution in [0.1, 0.15) is 36.0 Å². The minimum Gasteiger partial charge on any atom is -0.438 e. The highest BCUT2D eigenvalue weighted by Crippen LogP contribution is 2.23. The largest absolute Gasteiger partial charge is 0.438 e. The lowest BCUT2D eigenvalue weighted by molar-refractivity contribution is 0.0723. The highest BCUT2D eigenvalue weighted by molar-refractivity contribution is 7.89. The first-order valence-corrected chi connectivity index (χ1v) is 10.1. The first kappa shape index (κ1) is 18.1. The van der Waals surface area contributed by atoms with E-state index in [2.05, 4.69) is 10.3 Å². The van der Waals surface area contributed by atoms with E-state index >= 15 is 0 Å². The van der Waals surface area contributed by atoms with Crippen LogP contribution in [0.25, 0.3) is 0 Å². The van der Waals surface area contributed by atoms with Gasteiger partial charge in [-0.15, -0.1) is 11.3 Å². The minimum absolute atomic E-state index is 0.0758. The molecule has 10 heteroatoms. The first-order chi connectivity index (χ1) is 11.9. The molecule has 1 saturated heterocycles. The van der Waals surface area contributed by atoms with Crippen molar-refractivity contribution < 1.29 is 22.4 Å². The van der Waals surface area contributed by atoms with Crippen LogP contribution in [-0.4, -0.2) is 49.9 Å². The summed E-state index contributed by atoms with van der Waals surface area (Å²) in [6, 6.07) is 2.64. The predicted molar refractivity (Wildman–Crippen MR) is 92.4 cm³/mol. The fourth-order valence-corrected chi connectivity index (χ4v) is 4.45. The second-order valence-electron chi connectivity index (χ2n) is 5.82. The number of hydrogen-bond acceptors (Lipinski definition) is 7. The van der Waals surface area contributed by atoms with Crippen molar-refractivity contribution in [2.45, 2.75) is 24.9 Å². The second-order valence-corrected chi connectivity index (χ2v) is 8.55. The predicted octanol–water partition coefficient (Wildman–Crippen LogP) is 2.13. The molecule has 0 spiro atoms. The van der Waals surface area contributed by atoms with Crippen molar-refractivity contribution in [3.63, 3.8) is 0 Å². The molecule has 0 bridgehead atoms. The molecule has 1 aliphatic rings. The topological polar surface area (TPSA) is 102 Å². The molecule has 0 unspecified atom stereocenters. The van der Waals surface area contributed by atoms with Gasteiger partial charge in [-0.2, -0.15) is 4.31 Å². The summed E-state index contributed by atoms with van der Waals surface area (Å²) < 4.78 is 36.7. The van der Waals surface area contributed by atoms with Gasteiger partial charge in [0.25, 0.3) is 15.9 Å². The average molecular weight is 385 g/mol. The Hall–Kier alpha value is -1.75. The fourth-order valence-electron chi connectivity index (χ4n) is 2.26. The van der Waals surface area contributed by atoms with Gasteiger partial charge in [-0.25, -0.2) is 13.4 Å². The van der Waals surface area contributed by atoms with Crippen LogP contribution in [0.15, 0.2) is 27.0 Å². The van der Waals surface area contributed by atoms with Gasteiger partial charge >= 0.3 is 0 Å². The number of hydrogen-bond donors (Lipinski definition) is 1. The number of carbonyl (C=O) groups excluding carboxylic acids is 1. The maximum absolute atomic E-state index is 12.5. The highest BCUT2D eigenvalue weighted by Gasteiger charge is 2.30. The number of amides is 1. The van der Waals surface area contributed by atoms with E-state index in [1.165, 1.54) is 27.8 Å². The number of anilines is 1. The van der Waals surface area contributed by atoms with E-state index in [-0.39, 0.29) is 29.9 Å². The summed E-state index contributed by atoms with van der Waals surface area (Å²) in [4.78, 5) is 16.6. The van der Waals surface area contributed by atoms with Crippen molar-refractivity contribution in [3.05, 3.63) is 29.0 Å². The van der Waals surface area contributed by atoms with E-state index in [1.807, 2.05) is 19.2 Å². The SMILES string of the molecule is CC(C)c1csc(NC(=O)c2ccc(S(=O)(=O)N3CCOCC3)o2)n1. The first-order valence-electron chi connectivity index (χ1n) is 7.82. The number of rotatable bonds is 5. The van der Waals surface area contributed by atoms with Crippen molar-refractivity contribution >= 4 is 32.4 Å². The normalized spacial score (nSPS) is 16.3. The van der Waals surface area contributed by atoms with Gasteiger partial charge in [0.05, 0.1) is 18.9 Å². The summed E-state index contributed by atoms with van der Waals surface area (Å²) in [5.41, 5.74) is 0.885. The number of furan rings is 1. The zero-order valence-corrected chi connectivity index (χ0v) is 15.5. The molecule has 0 atom stereocenters. The van der Waals surface area contributed by atoms with Crippen LogP contribution >= 0.6 is 11.3 Å². The average Bonchev–Trinajstić information content (AvgIpc) is 3.25. The van der Waals surface area contributed by atoms with Gasteiger partial charge in [0.1, 0.15) is 0 Å². The molecule has 1 aliphatic heterocycles. The molecular weight excluding hydrogens is 366 g/mol. The van der Waals surface area contributed by atoms with Gasteiger partial charge in [0.15, 0.2) is 10.9 Å². The Balaban J connectivity index is 1.72.